The minimum absolute atomic E-state index is 0.134. The smallest absolute Gasteiger partial charge is 0.207 e. The van der Waals surface area contributed by atoms with Gasteiger partial charge in [-0.15, -0.1) is 0 Å². The number of halogens is 1. The first-order chi connectivity index (χ1) is 12.1. The van der Waals surface area contributed by atoms with E-state index in [1.54, 1.807) is 26.8 Å². The summed E-state index contributed by atoms with van der Waals surface area (Å²) >= 11 is 0. The zero-order valence-corrected chi connectivity index (χ0v) is 18.1. The zero-order valence-electron chi connectivity index (χ0n) is 19.1. The number of nitrogens with zero attached hydrogens (tertiary/aromatic N) is 1. The van der Waals surface area contributed by atoms with E-state index in [4.69, 9.17) is 2.74 Å². The second kappa shape index (κ2) is 6.68. The minimum Gasteiger partial charge on any atom is -0.207 e. The lowest BCUT2D eigenvalue weighted by atomic mass is 9.86. The molecule has 0 saturated carbocycles. The lowest BCUT2D eigenvalue weighted by Crippen LogP contribution is -2.46. The van der Waals surface area contributed by atoms with Crippen molar-refractivity contribution < 1.29 is 11.7 Å². The fourth-order valence-electron chi connectivity index (χ4n) is 3.26. The second-order valence-electron chi connectivity index (χ2n) is 9.14. The molecule has 0 fully saturated rings. The van der Waals surface area contributed by atoms with E-state index in [-0.39, 0.29) is 5.56 Å². The van der Waals surface area contributed by atoms with E-state index >= 15 is 4.39 Å². The maximum absolute atomic E-state index is 15.0. The molecule has 0 aliphatic heterocycles. The SMILES string of the molecule is [2H]C([2H])(c1cc(C)c(-c2cc(C)c([Si](C)(C)C)c[n+]2C)cc1F)C(C)(C)C. The lowest BCUT2D eigenvalue weighted by molar-refractivity contribution is -0.659. The van der Waals surface area contributed by atoms with E-state index in [1.165, 1.54) is 16.8 Å². The van der Waals surface area contributed by atoms with Gasteiger partial charge in [-0.3, -0.25) is 0 Å². The molecule has 0 spiro atoms. The van der Waals surface area contributed by atoms with Crippen LogP contribution in [0.5, 0.6) is 0 Å². The van der Waals surface area contributed by atoms with Gasteiger partial charge in [-0.2, -0.15) is 0 Å². The lowest BCUT2D eigenvalue weighted by Gasteiger charge is -2.20. The highest BCUT2D eigenvalue weighted by molar-refractivity contribution is 6.88. The molecule has 0 bridgehead atoms. The van der Waals surface area contributed by atoms with Crippen LogP contribution in [-0.2, 0) is 13.4 Å². The Morgan fingerprint density at radius 3 is 2.20 bits per heavy atom. The van der Waals surface area contributed by atoms with Gasteiger partial charge in [-0.1, -0.05) is 46.5 Å². The van der Waals surface area contributed by atoms with Crippen molar-refractivity contribution in [3.63, 3.8) is 0 Å². The Balaban J connectivity index is 2.66. The van der Waals surface area contributed by atoms with Crippen LogP contribution in [0.15, 0.2) is 24.4 Å². The first-order valence-electron chi connectivity index (χ1n) is 9.89. The van der Waals surface area contributed by atoms with E-state index in [0.29, 0.717) is 0 Å². The number of pyridine rings is 1. The van der Waals surface area contributed by atoms with Gasteiger partial charge < -0.3 is 0 Å². The number of benzene rings is 1. The molecule has 25 heavy (non-hydrogen) atoms. The van der Waals surface area contributed by atoms with Crippen molar-refractivity contribution in [1.82, 2.24) is 0 Å². The number of aryl methyl sites for hydroxylation is 3. The second-order valence-corrected chi connectivity index (χ2v) is 14.2. The molecule has 3 heteroatoms. The summed E-state index contributed by atoms with van der Waals surface area (Å²) in [5.41, 5.74) is 3.32. The summed E-state index contributed by atoms with van der Waals surface area (Å²) < 4.78 is 33.9. The Hall–Kier alpha value is -1.48. The molecule has 2 aromatic rings. The molecular formula is C22H33FNSi+. The summed E-state index contributed by atoms with van der Waals surface area (Å²) in [4.78, 5) is 0. The molecule has 0 N–H and O–H groups in total. The summed E-state index contributed by atoms with van der Waals surface area (Å²) in [6.45, 7) is 16.4. The summed E-state index contributed by atoms with van der Waals surface area (Å²) in [5, 5.41) is 1.40. The van der Waals surface area contributed by atoms with E-state index < -0.39 is 25.7 Å². The van der Waals surface area contributed by atoms with Gasteiger partial charge in [0.25, 0.3) is 0 Å². The largest absolute Gasteiger partial charge is 0.212 e. The van der Waals surface area contributed by atoms with Crippen molar-refractivity contribution >= 4 is 13.3 Å². The standard InChI is InChI=1S/C22H33FNSi/c1-15-10-17(13-22(3,4)5)19(23)12-18(15)20-11-16(2)21(14-24(20)6)25(7,8)9/h10-12,14H,13H2,1-9H3/q+1/i13D2. The van der Waals surface area contributed by atoms with Crippen LogP contribution in [0, 0.1) is 25.1 Å². The van der Waals surface area contributed by atoms with Crippen molar-refractivity contribution in [3.05, 3.63) is 46.9 Å². The normalized spacial score (nSPS) is 14.3. The van der Waals surface area contributed by atoms with Crippen molar-refractivity contribution in [2.75, 3.05) is 0 Å². The van der Waals surface area contributed by atoms with E-state index in [1.807, 2.05) is 14.0 Å². The molecule has 136 valence electrons. The zero-order chi connectivity index (χ0) is 20.9. The number of hydrogen-bond donors (Lipinski definition) is 0. The molecule has 1 nitrogen and oxygen atoms in total. The van der Waals surface area contributed by atoms with Crippen molar-refractivity contribution in [2.45, 2.75) is 60.6 Å². The highest BCUT2D eigenvalue weighted by atomic mass is 28.3. The van der Waals surface area contributed by atoms with Crippen LogP contribution in [0.1, 0.15) is 40.2 Å². The van der Waals surface area contributed by atoms with E-state index in [0.717, 1.165) is 16.8 Å². The fraction of sp³-hybridized carbons (Fsp3) is 0.500. The summed E-state index contributed by atoms with van der Waals surface area (Å²) in [7, 11) is 0.541. The Morgan fingerprint density at radius 1 is 1.08 bits per heavy atom. The summed E-state index contributed by atoms with van der Waals surface area (Å²) in [6, 6.07) is 5.31. The fourth-order valence-corrected chi connectivity index (χ4v) is 5.10. The van der Waals surface area contributed by atoms with Gasteiger partial charge in [0.1, 0.15) is 12.9 Å². The van der Waals surface area contributed by atoms with Crippen LogP contribution >= 0.6 is 0 Å². The monoisotopic (exact) mass is 360 g/mol. The Bertz CT molecular complexity index is 877. The van der Waals surface area contributed by atoms with Crippen LogP contribution in [0.2, 0.25) is 19.6 Å². The van der Waals surface area contributed by atoms with E-state index in [2.05, 4.69) is 43.4 Å². The molecule has 2 rings (SSSR count). The number of hydrogen-bond acceptors (Lipinski definition) is 0. The molecule has 0 aliphatic rings. The Kier molecular flexibility index (Phi) is 4.53. The predicted molar refractivity (Wildman–Crippen MR) is 109 cm³/mol. The molecule has 1 aromatic carbocycles. The van der Waals surface area contributed by atoms with Gasteiger partial charge in [0.05, 0.1) is 13.6 Å². The summed E-state index contributed by atoms with van der Waals surface area (Å²) in [6.07, 6.45) is 0.427. The van der Waals surface area contributed by atoms with Crippen LogP contribution in [0.3, 0.4) is 0 Å². The molecule has 0 radical (unpaired) electrons. The van der Waals surface area contributed by atoms with E-state index in [9.17, 15) is 0 Å². The van der Waals surface area contributed by atoms with Gasteiger partial charge >= 0.3 is 0 Å². The topological polar surface area (TPSA) is 3.88 Å². The average Bonchev–Trinajstić information content (AvgIpc) is 2.48. The van der Waals surface area contributed by atoms with Gasteiger partial charge in [-0.25, -0.2) is 8.96 Å². The third-order valence-electron chi connectivity index (χ3n) is 4.39. The maximum atomic E-state index is 15.0. The van der Waals surface area contributed by atoms with Gasteiger partial charge in [0.2, 0.25) is 5.69 Å². The number of aromatic nitrogens is 1. The van der Waals surface area contributed by atoms with Crippen LogP contribution < -0.4 is 9.75 Å². The Morgan fingerprint density at radius 2 is 1.68 bits per heavy atom. The van der Waals surface area contributed by atoms with Crippen molar-refractivity contribution in [3.8, 4) is 11.3 Å². The average molecular weight is 361 g/mol. The first-order valence-corrected chi connectivity index (χ1v) is 12.4. The molecule has 1 aromatic heterocycles. The van der Waals surface area contributed by atoms with Crippen molar-refractivity contribution in [2.24, 2.45) is 12.5 Å². The molecule has 0 unspecified atom stereocenters. The van der Waals surface area contributed by atoms with Crippen LogP contribution in [-0.4, -0.2) is 8.07 Å². The third-order valence-corrected chi connectivity index (χ3v) is 6.53. The van der Waals surface area contributed by atoms with Gasteiger partial charge in [0.15, 0.2) is 6.20 Å². The molecular weight excluding hydrogens is 325 g/mol. The first kappa shape index (κ1) is 17.0. The molecule has 0 saturated heterocycles. The molecule has 0 atom stereocenters. The molecule has 0 aliphatic carbocycles. The Labute approximate surface area is 156 Å². The van der Waals surface area contributed by atoms with Gasteiger partial charge in [0, 0.05) is 14.0 Å². The van der Waals surface area contributed by atoms with Crippen LogP contribution in [0.4, 0.5) is 4.39 Å². The highest BCUT2D eigenvalue weighted by Crippen LogP contribution is 2.28. The summed E-state index contributed by atoms with van der Waals surface area (Å²) in [5.74, 6) is -0.484. The maximum Gasteiger partial charge on any atom is 0.212 e. The molecule has 1 heterocycles. The number of rotatable bonds is 3. The van der Waals surface area contributed by atoms with Crippen LogP contribution in [0.25, 0.3) is 11.3 Å². The quantitative estimate of drug-likeness (QED) is 0.531. The third kappa shape index (κ3) is 4.57. The van der Waals surface area contributed by atoms with Crippen molar-refractivity contribution in [1.29, 1.82) is 0 Å². The molecule has 0 amide bonds. The predicted octanol–water partition coefficient (Wildman–Crippen LogP) is 5.07. The minimum atomic E-state index is -1.75. The van der Waals surface area contributed by atoms with Gasteiger partial charge in [-0.05, 0) is 48.4 Å². The highest BCUT2D eigenvalue weighted by Gasteiger charge is 2.25.